The van der Waals surface area contributed by atoms with E-state index in [1.807, 2.05) is 4.90 Å². The van der Waals surface area contributed by atoms with Gasteiger partial charge in [0.05, 0.1) is 10.6 Å². The van der Waals surface area contributed by atoms with Crippen LogP contribution in [0.3, 0.4) is 0 Å². The highest BCUT2D eigenvalue weighted by molar-refractivity contribution is 7.14. The predicted octanol–water partition coefficient (Wildman–Crippen LogP) is 4.02. The number of fused-ring (bicyclic) bond motifs is 2. The van der Waals surface area contributed by atoms with Gasteiger partial charge in [0.2, 0.25) is 0 Å². The molecule has 1 amide bonds. The standard InChI is InChI=1S/C20H21F2N5OS/c21-18(22)15-9-14(25-20-23-11-24-27(15)20)13-5-3-7-26(10-13)19(28)17-8-12-4-1-2-6-16(12)29-17/h8-9,11,13,18H,1-7,10H2/t13-/m1/s1. The van der Waals surface area contributed by atoms with Crippen LogP contribution in [-0.4, -0.2) is 43.5 Å². The molecule has 1 aliphatic carbocycles. The molecule has 29 heavy (non-hydrogen) atoms. The fraction of sp³-hybridized carbons (Fsp3) is 0.500. The molecule has 0 N–H and O–H groups in total. The molecule has 3 aromatic heterocycles. The molecule has 1 fully saturated rings. The molecule has 1 aliphatic heterocycles. The Morgan fingerprint density at radius 3 is 2.90 bits per heavy atom. The van der Waals surface area contributed by atoms with Crippen molar-refractivity contribution in [2.45, 2.75) is 50.9 Å². The van der Waals surface area contributed by atoms with Crippen molar-refractivity contribution < 1.29 is 13.6 Å². The summed E-state index contributed by atoms with van der Waals surface area (Å²) in [4.78, 5) is 25.5. The molecule has 0 spiro atoms. The van der Waals surface area contributed by atoms with Crippen LogP contribution in [-0.2, 0) is 12.8 Å². The number of hydrogen-bond acceptors (Lipinski definition) is 5. The van der Waals surface area contributed by atoms with E-state index in [1.165, 1.54) is 35.7 Å². The van der Waals surface area contributed by atoms with E-state index in [9.17, 15) is 13.6 Å². The molecule has 1 atom stereocenters. The smallest absolute Gasteiger partial charge is 0.280 e. The lowest BCUT2D eigenvalue weighted by Crippen LogP contribution is -2.39. The summed E-state index contributed by atoms with van der Waals surface area (Å²) in [5, 5.41) is 3.84. The Kier molecular flexibility index (Phi) is 4.77. The SMILES string of the molecule is O=C(c1cc2c(s1)CCCC2)N1CCC[C@@H](c2cc(C(F)F)n3ncnc3n2)C1. The number of aryl methyl sites for hydroxylation is 2. The molecule has 9 heteroatoms. The van der Waals surface area contributed by atoms with Crippen LogP contribution in [0, 0.1) is 0 Å². The van der Waals surface area contributed by atoms with Gasteiger partial charge in [-0.3, -0.25) is 4.79 Å². The summed E-state index contributed by atoms with van der Waals surface area (Å²) in [5.41, 5.74) is 1.67. The molecule has 0 radical (unpaired) electrons. The average molecular weight is 417 g/mol. The predicted molar refractivity (Wildman–Crippen MR) is 105 cm³/mol. The molecule has 152 valence electrons. The highest BCUT2D eigenvalue weighted by atomic mass is 32.1. The lowest BCUT2D eigenvalue weighted by molar-refractivity contribution is 0.0710. The van der Waals surface area contributed by atoms with Gasteiger partial charge in [0.1, 0.15) is 12.0 Å². The van der Waals surface area contributed by atoms with E-state index in [0.717, 1.165) is 35.1 Å². The number of rotatable bonds is 3. The summed E-state index contributed by atoms with van der Waals surface area (Å²) < 4.78 is 28.0. The number of aromatic nitrogens is 4. The maximum Gasteiger partial charge on any atom is 0.280 e. The van der Waals surface area contributed by atoms with Gasteiger partial charge in [-0.05, 0) is 56.2 Å². The third-order valence-electron chi connectivity index (χ3n) is 5.86. The number of carbonyl (C=O) groups is 1. The number of hydrogen-bond donors (Lipinski definition) is 0. The van der Waals surface area contributed by atoms with E-state index in [-0.39, 0.29) is 23.3 Å². The van der Waals surface area contributed by atoms with Gasteiger partial charge in [-0.15, -0.1) is 11.3 Å². The minimum absolute atomic E-state index is 0.0479. The maximum atomic E-state index is 13.5. The van der Waals surface area contributed by atoms with Crippen LogP contribution < -0.4 is 0 Å². The second-order valence-corrected chi connectivity index (χ2v) is 8.87. The normalized spacial score (nSPS) is 19.7. The largest absolute Gasteiger partial charge is 0.337 e. The van der Waals surface area contributed by atoms with Crippen molar-refractivity contribution in [1.29, 1.82) is 0 Å². The quantitative estimate of drug-likeness (QED) is 0.646. The van der Waals surface area contributed by atoms with Gasteiger partial charge in [-0.2, -0.15) is 14.6 Å². The number of thiophene rings is 1. The van der Waals surface area contributed by atoms with E-state index in [1.54, 1.807) is 11.3 Å². The molecule has 3 aromatic rings. The van der Waals surface area contributed by atoms with Gasteiger partial charge >= 0.3 is 0 Å². The summed E-state index contributed by atoms with van der Waals surface area (Å²) in [7, 11) is 0. The van der Waals surface area contributed by atoms with Gasteiger partial charge in [0.25, 0.3) is 18.1 Å². The van der Waals surface area contributed by atoms with E-state index < -0.39 is 6.43 Å². The van der Waals surface area contributed by atoms with Crippen LogP contribution in [0.25, 0.3) is 5.78 Å². The van der Waals surface area contributed by atoms with E-state index in [0.29, 0.717) is 18.8 Å². The first-order valence-corrected chi connectivity index (χ1v) is 10.8. The number of nitrogens with zero attached hydrogens (tertiary/aromatic N) is 5. The number of likely N-dealkylation sites (tertiary alicyclic amines) is 1. The monoisotopic (exact) mass is 417 g/mol. The number of amides is 1. The molecule has 0 aromatic carbocycles. The first-order chi connectivity index (χ1) is 14.1. The Labute approximate surface area is 170 Å². The maximum absolute atomic E-state index is 13.5. The first kappa shape index (κ1) is 18.6. The number of carbonyl (C=O) groups excluding carboxylic acids is 1. The summed E-state index contributed by atoms with van der Waals surface area (Å²) in [6.07, 6.45) is 4.69. The zero-order valence-corrected chi connectivity index (χ0v) is 16.7. The Morgan fingerprint density at radius 1 is 1.21 bits per heavy atom. The first-order valence-electron chi connectivity index (χ1n) is 9.99. The topological polar surface area (TPSA) is 63.4 Å². The molecule has 5 rings (SSSR count). The van der Waals surface area contributed by atoms with Crippen molar-refractivity contribution in [3.63, 3.8) is 0 Å². The van der Waals surface area contributed by atoms with Crippen molar-refractivity contribution in [3.8, 4) is 0 Å². The fourth-order valence-corrected chi connectivity index (χ4v) is 5.60. The Bertz CT molecular complexity index is 1040. The lowest BCUT2D eigenvalue weighted by atomic mass is 9.94. The van der Waals surface area contributed by atoms with Crippen LogP contribution in [0.2, 0.25) is 0 Å². The Morgan fingerprint density at radius 2 is 2.07 bits per heavy atom. The van der Waals surface area contributed by atoms with E-state index in [2.05, 4.69) is 21.1 Å². The number of piperidine rings is 1. The molecule has 0 bridgehead atoms. The van der Waals surface area contributed by atoms with E-state index in [4.69, 9.17) is 0 Å². The molecule has 0 saturated carbocycles. The van der Waals surface area contributed by atoms with Crippen molar-refractivity contribution in [1.82, 2.24) is 24.5 Å². The average Bonchev–Trinajstić information content (AvgIpc) is 3.39. The van der Waals surface area contributed by atoms with Gasteiger partial charge in [0.15, 0.2) is 0 Å². The second-order valence-electron chi connectivity index (χ2n) is 7.73. The fourth-order valence-electron chi connectivity index (χ4n) is 4.37. The van der Waals surface area contributed by atoms with E-state index >= 15 is 0 Å². The summed E-state index contributed by atoms with van der Waals surface area (Å²) in [6.45, 7) is 1.17. The lowest BCUT2D eigenvalue weighted by Gasteiger charge is -2.32. The highest BCUT2D eigenvalue weighted by Crippen LogP contribution is 2.33. The van der Waals surface area contributed by atoms with Gasteiger partial charge in [0, 0.05) is 23.9 Å². The molecule has 6 nitrogen and oxygen atoms in total. The molecular weight excluding hydrogens is 396 g/mol. The van der Waals surface area contributed by atoms with Crippen molar-refractivity contribution in [3.05, 3.63) is 45.2 Å². The molecule has 1 saturated heterocycles. The van der Waals surface area contributed by atoms with Gasteiger partial charge in [-0.1, -0.05) is 0 Å². The zero-order valence-electron chi connectivity index (χ0n) is 15.9. The van der Waals surface area contributed by atoms with Crippen LogP contribution in [0.4, 0.5) is 8.78 Å². The van der Waals surface area contributed by atoms with Gasteiger partial charge < -0.3 is 4.90 Å². The summed E-state index contributed by atoms with van der Waals surface area (Å²) in [5.74, 6) is 0.139. The molecular formula is C20H21F2N5OS. The highest BCUT2D eigenvalue weighted by Gasteiger charge is 2.29. The summed E-state index contributed by atoms with van der Waals surface area (Å²) in [6, 6.07) is 3.47. The minimum atomic E-state index is -2.67. The third kappa shape index (κ3) is 3.41. The molecule has 0 unspecified atom stereocenters. The van der Waals surface area contributed by atoms with Crippen LogP contribution in [0.1, 0.15) is 69.5 Å². The van der Waals surface area contributed by atoms with Crippen molar-refractivity contribution in [2.24, 2.45) is 0 Å². The second kappa shape index (κ2) is 7.44. The Balaban J connectivity index is 1.40. The molecule has 4 heterocycles. The third-order valence-corrected chi connectivity index (χ3v) is 7.08. The van der Waals surface area contributed by atoms with Gasteiger partial charge in [-0.25, -0.2) is 13.8 Å². The molecule has 2 aliphatic rings. The van der Waals surface area contributed by atoms with Crippen molar-refractivity contribution in [2.75, 3.05) is 13.1 Å². The number of alkyl halides is 2. The Hall–Kier alpha value is -2.42. The summed E-state index contributed by atoms with van der Waals surface area (Å²) >= 11 is 1.62. The minimum Gasteiger partial charge on any atom is -0.337 e. The van der Waals surface area contributed by atoms with Crippen molar-refractivity contribution >= 4 is 23.0 Å². The zero-order chi connectivity index (χ0) is 20.0. The van der Waals surface area contributed by atoms with Crippen LogP contribution >= 0.6 is 11.3 Å². The van der Waals surface area contributed by atoms with Crippen LogP contribution in [0.5, 0.6) is 0 Å². The van der Waals surface area contributed by atoms with Crippen LogP contribution in [0.15, 0.2) is 18.5 Å². The number of halogens is 2.